The summed E-state index contributed by atoms with van der Waals surface area (Å²) in [6.07, 6.45) is -1.18. The molecule has 0 saturated carbocycles. The van der Waals surface area contributed by atoms with E-state index in [4.69, 9.17) is 15.7 Å². The first kappa shape index (κ1) is 18.4. The summed E-state index contributed by atoms with van der Waals surface area (Å²) in [5.41, 5.74) is 5.70. The Kier molecular flexibility index (Phi) is 5.49. The monoisotopic (exact) mass is 354 g/mol. The molecule has 0 heterocycles. The topological polar surface area (TPSA) is 148 Å². The van der Waals surface area contributed by atoms with Gasteiger partial charge in [-0.1, -0.05) is 12.1 Å². The van der Waals surface area contributed by atoms with Gasteiger partial charge in [0.1, 0.15) is 6.07 Å². The van der Waals surface area contributed by atoms with Gasteiger partial charge in [0.2, 0.25) is 0 Å². The van der Waals surface area contributed by atoms with Gasteiger partial charge in [-0.2, -0.15) is 5.26 Å². The molecule has 3 N–H and O–H groups in total. The Labute approximate surface area is 148 Å². The number of benzene rings is 2. The number of carbonyl (C=O) groups excluding carboxylic acids is 2. The lowest BCUT2D eigenvalue weighted by Gasteiger charge is -2.14. The Morgan fingerprint density at radius 1 is 1.31 bits per heavy atom. The highest BCUT2D eigenvalue weighted by Crippen LogP contribution is 2.21. The van der Waals surface area contributed by atoms with Crippen molar-refractivity contribution in [1.29, 1.82) is 5.26 Å². The summed E-state index contributed by atoms with van der Waals surface area (Å²) >= 11 is 0. The van der Waals surface area contributed by atoms with Crippen molar-refractivity contribution >= 4 is 28.9 Å². The number of amides is 1. The first-order chi connectivity index (χ1) is 12.3. The number of hydrogen-bond acceptors (Lipinski definition) is 7. The molecule has 0 aliphatic rings. The molecule has 2 aromatic rings. The molecule has 0 bridgehead atoms. The van der Waals surface area contributed by atoms with E-state index in [1.807, 2.05) is 6.07 Å². The molecular formula is C17H14N4O5. The van der Waals surface area contributed by atoms with Crippen LogP contribution in [0.3, 0.4) is 0 Å². The summed E-state index contributed by atoms with van der Waals surface area (Å²) < 4.78 is 5.04. The number of ether oxygens (including phenoxy) is 1. The van der Waals surface area contributed by atoms with E-state index in [2.05, 4.69) is 5.32 Å². The van der Waals surface area contributed by atoms with Crippen LogP contribution in [0, 0.1) is 21.4 Å². The Balaban J connectivity index is 2.08. The van der Waals surface area contributed by atoms with Gasteiger partial charge in [0.25, 0.3) is 11.6 Å². The van der Waals surface area contributed by atoms with Gasteiger partial charge < -0.3 is 15.8 Å². The predicted molar refractivity (Wildman–Crippen MR) is 92.2 cm³/mol. The number of nitrogens with two attached hydrogens (primary N) is 1. The number of para-hydroxylation sites is 1. The van der Waals surface area contributed by atoms with Crippen molar-refractivity contribution in [3.63, 3.8) is 0 Å². The normalized spacial score (nSPS) is 11.1. The van der Waals surface area contributed by atoms with E-state index in [1.54, 1.807) is 18.2 Å². The molecule has 0 aromatic heterocycles. The smallest absolute Gasteiger partial charge is 0.341 e. The van der Waals surface area contributed by atoms with E-state index in [0.717, 1.165) is 18.2 Å². The quantitative estimate of drug-likeness (QED) is 0.362. The minimum Gasteiger partial charge on any atom is -0.449 e. The molecule has 0 aliphatic heterocycles. The number of rotatable bonds is 5. The zero-order valence-electron chi connectivity index (χ0n) is 13.6. The summed E-state index contributed by atoms with van der Waals surface area (Å²) in [6.45, 7) is 1.35. The third-order valence-electron chi connectivity index (χ3n) is 3.42. The second kappa shape index (κ2) is 7.76. The number of nitrogens with one attached hydrogen (secondary N) is 1. The zero-order chi connectivity index (χ0) is 19.3. The van der Waals surface area contributed by atoms with E-state index in [9.17, 15) is 19.7 Å². The van der Waals surface area contributed by atoms with Crippen molar-refractivity contribution in [3.05, 3.63) is 63.7 Å². The first-order valence-corrected chi connectivity index (χ1v) is 7.38. The van der Waals surface area contributed by atoms with Crippen molar-refractivity contribution in [2.75, 3.05) is 11.1 Å². The number of hydrogen-bond donors (Lipinski definition) is 2. The lowest BCUT2D eigenvalue weighted by Crippen LogP contribution is -2.30. The molecule has 2 aromatic carbocycles. The second-order valence-electron chi connectivity index (χ2n) is 5.22. The van der Waals surface area contributed by atoms with Crippen LogP contribution in [-0.4, -0.2) is 22.9 Å². The first-order valence-electron chi connectivity index (χ1n) is 7.38. The summed E-state index contributed by atoms with van der Waals surface area (Å²) in [7, 11) is 0. The van der Waals surface area contributed by atoms with Crippen molar-refractivity contribution in [1.82, 2.24) is 0 Å². The maximum absolute atomic E-state index is 12.2. The largest absolute Gasteiger partial charge is 0.449 e. The van der Waals surface area contributed by atoms with Crippen LogP contribution in [-0.2, 0) is 9.53 Å². The molecule has 0 aliphatic carbocycles. The van der Waals surface area contributed by atoms with Crippen LogP contribution in [0.1, 0.15) is 22.8 Å². The minimum atomic E-state index is -1.18. The van der Waals surface area contributed by atoms with Gasteiger partial charge in [-0.3, -0.25) is 14.9 Å². The molecule has 1 atom stereocenters. The van der Waals surface area contributed by atoms with E-state index >= 15 is 0 Å². The standard InChI is InChI=1S/C17H14N4O5/c1-10(16(22)20-15-5-3-2-4-11(15)9-18)26-17(23)13-7-6-12(21(24)25)8-14(13)19/h2-8,10H,19H2,1H3,(H,20,22)/t10-/m1/s1. The van der Waals surface area contributed by atoms with Gasteiger partial charge in [0.15, 0.2) is 6.10 Å². The molecule has 9 heteroatoms. The van der Waals surface area contributed by atoms with E-state index < -0.39 is 22.9 Å². The van der Waals surface area contributed by atoms with E-state index in [0.29, 0.717) is 0 Å². The third kappa shape index (κ3) is 4.12. The highest BCUT2D eigenvalue weighted by Gasteiger charge is 2.22. The molecule has 1 amide bonds. The molecule has 0 radical (unpaired) electrons. The summed E-state index contributed by atoms with van der Waals surface area (Å²) in [6, 6.07) is 11.6. The third-order valence-corrected chi connectivity index (χ3v) is 3.42. The van der Waals surface area contributed by atoms with E-state index in [-0.39, 0.29) is 28.2 Å². The fourth-order valence-electron chi connectivity index (χ4n) is 2.05. The fraction of sp³-hybridized carbons (Fsp3) is 0.118. The number of nitriles is 1. The maximum Gasteiger partial charge on any atom is 0.341 e. The van der Waals surface area contributed by atoms with Gasteiger partial charge in [-0.15, -0.1) is 0 Å². The van der Waals surface area contributed by atoms with Crippen LogP contribution in [0.5, 0.6) is 0 Å². The number of nitrogens with zero attached hydrogens (tertiary/aromatic N) is 2. The molecule has 0 saturated heterocycles. The van der Waals surface area contributed by atoms with Crippen LogP contribution in [0.4, 0.5) is 17.1 Å². The number of carbonyl (C=O) groups is 2. The number of anilines is 2. The summed E-state index contributed by atoms with van der Waals surface area (Å²) in [5, 5.41) is 22.2. The number of nitro groups is 1. The molecule has 2 rings (SSSR count). The molecular weight excluding hydrogens is 340 g/mol. The highest BCUT2D eigenvalue weighted by molar-refractivity contribution is 6.00. The number of esters is 1. The average molecular weight is 354 g/mol. The Morgan fingerprint density at radius 2 is 2.00 bits per heavy atom. The molecule has 9 nitrogen and oxygen atoms in total. The molecule has 0 spiro atoms. The average Bonchev–Trinajstić information content (AvgIpc) is 2.61. The predicted octanol–water partition coefficient (Wildman–Crippen LogP) is 2.23. The van der Waals surface area contributed by atoms with Crippen molar-refractivity contribution in [2.45, 2.75) is 13.0 Å². The Morgan fingerprint density at radius 3 is 2.62 bits per heavy atom. The van der Waals surface area contributed by atoms with Crippen LogP contribution in [0.15, 0.2) is 42.5 Å². The molecule has 0 unspecified atom stereocenters. The van der Waals surface area contributed by atoms with Crippen molar-refractivity contribution < 1.29 is 19.2 Å². The molecule has 26 heavy (non-hydrogen) atoms. The lowest BCUT2D eigenvalue weighted by atomic mass is 10.1. The van der Waals surface area contributed by atoms with Crippen LogP contribution >= 0.6 is 0 Å². The van der Waals surface area contributed by atoms with Gasteiger partial charge in [-0.25, -0.2) is 4.79 Å². The van der Waals surface area contributed by atoms with Gasteiger partial charge in [0.05, 0.1) is 27.4 Å². The highest BCUT2D eigenvalue weighted by atomic mass is 16.6. The van der Waals surface area contributed by atoms with Gasteiger partial charge >= 0.3 is 5.97 Å². The summed E-state index contributed by atoms with van der Waals surface area (Å²) in [4.78, 5) is 34.3. The Bertz CT molecular complexity index is 920. The van der Waals surface area contributed by atoms with Crippen LogP contribution < -0.4 is 11.1 Å². The number of nitro benzene ring substituents is 1. The zero-order valence-corrected chi connectivity index (χ0v) is 13.6. The maximum atomic E-state index is 12.2. The van der Waals surface area contributed by atoms with Gasteiger partial charge in [-0.05, 0) is 25.1 Å². The molecule has 132 valence electrons. The lowest BCUT2D eigenvalue weighted by molar-refractivity contribution is -0.384. The fourth-order valence-corrected chi connectivity index (χ4v) is 2.05. The Hall–Kier alpha value is -3.93. The number of non-ortho nitro benzene ring substituents is 1. The van der Waals surface area contributed by atoms with Crippen LogP contribution in [0.25, 0.3) is 0 Å². The van der Waals surface area contributed by atoms with Crippen molar-refractivity contribution in [2.24, 2.45) is 0 Å². The van der Waals surface area contributed by atoms with Crippen molar-refractivity contribution in [3.8, 4) is 6.07 Å². The number of nitrogen functional groups attached to an aromatic ring is 1. The SMILES string of the molecule is C[C@@H](OC(=O)c1ccc([N+](=O)[O-])cc1N)C(=O)Nc1ccccc1C#N. The van der Waals surface area contributed by atoms with Crippen LogP contribution in [0.2, 0.25) is 0 Å². The molecule has 0 fully saturated rings. The summed E-state index contributed by atoms with van der Waals surface area (Å²) in [5.74, 6) is -1.53. The van der Waals surface area contributed by atoms with E-state index in [1.165, 1.54) is 13.0 Å². The second-order valence-corrected chi connectivity index (χ2v) is 5.22. The minimum absolute atomic E-state index is 0.0901. The van der Waals surface area contributed by atoms with Gasteiger partial charge in [0, 0.05) is 12.1 Å².